The maximum Gasteiger partial charge on any atom is 0.323 e. The van der Waals surface area contributed by atoms with Gasteiger partial charge in [-0.25, -0.2) is 0 Å². The third kappa shape index (κ3) is 2.16. The number of hydrogen-bond donors (Lipinski definition) is 1. The van der Waals surface area contributed by atoms with Crippen molar-refractivity contribution in [3.8, 4) is 5.75 Å². The van der Waals surface area contributed by atoms with Gasteiger partial charge in [-0.15, -0.1) is 0 Å². The lowest BCUT2D eigenvalue weighted by Gasteiger charge is -2.05. The third-order valence-electron chi connectivity index (χ3n) is 1.71. The fraction of sp³-hybridized carbons (Fsp3) is 0.125. The highest BCUT2D eigenvalue weighted by atomic mass is 35.5. The minimum absolute atomic E-state index is 0.0960. The van der Waals surface area contributed by atoms with Crippen LogP contribution in [0.15, 0.2) is 12.1 Å². The van der Waals surface area contributed by atoms with Crippen LogP contribution in [-0.4, -0.2) is 17.9 Å². The molecule has 0 aliphatic carbocycles. The number of carbonyl (C=O) groups is 1. The highest BCUT2D eigenvalue weighted by Gasteiger charge is 2.25. The number of methoxy groups -OCH3 is 1. The predicted octanol–water partition coefficient (Wildman–Crippen LogP) is 1.36. The Balaban J connectivity index is 3.54. The summed E-state index contributed by atoms with van der Waals surface area (Å²) in [4.78, 5) is 20.9. The number of primary amides is 1. The molecule has 0 atom stereocenters. The normalized spacial score (nSPS) is 9.73. The maximum atomic E-state index is 11.0. The second-order valence-corrected chi connectivity index (χ2v) is 3.06. The van der Waals surface area contributed by atoms with Crippen molar-refractivity contribution in [3.05, 3.63) is 32.8 Å². The Hall–Kier alpha value is -1.82. The smallest absolute Gasteiger partial charge is 0.323 e. The number of nitro groups is 1. The van der Waals surface area contributed by atoms with Crippen molar-refractivity contribution in [1.29, 1.82) is 0 Å². The Bertz CT molecular complexity index is 433. The van der Waals surface area contributed by atoms with Crippen LogP contribution in [0.1, 0.15) is 10.4 Å². The van der Waals surface area contributed by atoms with Gasteiger partial charge in [0.25, 0.3) is 5.91 Å². The van der Waals surface area contributed by atoms with Gasteiger partial charge in [0, 0.05) is 11.1 Å². The van der Waals surface area contributed by atoms with Crippen LogP contribution in [0.5, 0.6) is 5.75 Å². The molecule has 0 fully saturated rings. The van der Waals surface area contributed by atoms with Gasteiger partial charge in [0.15, 0.2) is 5.75 Å². The van der Waals surface area contributed by atoms with Crippen LogP contribution in [0.4, 0.5) is 5.69 Å². The van der Waals surface area contributed by atoms with Gasteiger partial charge < -0.3 is 10.5 Å². The topological polar surface area (TPSA) is 95.5 Å². The highest BCUT2D eigenvalue weighted by Crippen LogP contribution is 2.33. The molecule has 0 bridgehead atoms. The summed E-state index contributed by atoms with van der Waals surface area (Å²) in [6.07, 6.45) is 0. The first kappa shape index (κ1) is 11.3. The Labute approximate surface area is 89.7 Å². The van der Waals surface area contributed by atoms with Crippen molar-refractivity contribution in [2.75, 3.05) is 7.11 Å². The quantitative estimate of drug-likeness (QED) is 0.626. The van der Waals surface area contributed by atoms with Gasteiger partial charge in [0.05, 0.1) is 12.0 Å². The lowest BCUT2D eigenvalue weighted by molar-refractivity contribution is -0.386. The average molecular weight is 231 g/mol. The summed E-state index contributed by atoms with van der Waals surface area (Å²) in [6, 6.07) is 2.37. The molecule has 0 heterocycles. The minimum atomic E-state index is -0.928. The minimum Gasteiger partial charge on any atom is -0.490 e. The lowest BCUT2D eigenvalue weighted by Crippen LogP contribution is -2.14. The molecule has 1 amide bonds. The molecule has 15 heavy (non-hydrogen) atoms. The molecule has 0 spiro atoms. The number of nitrogens with two attached hydrogens (primary N) is 1. The summed E-state index contributed by atoms with van der Waals surface area (Å²) in [5.74, 6) is -1.02. The van der Waals surface area contributed by atoms with Gasteiger partial charge in [0.1, 0.15) is 5.56 Å². The van der Waals surface area contributed by atoms with Gasteiger partial charge in [-0.1, -0.05) is 11.6 Å². The van der Waals surface area contributed by atoms with Crippen molar-refractivity contribution in [2.24, 2.45) is 5.73 Å². The molecule has 0 saturated heterocycles. The molecule has 0 radical (unpaired) electrons. The van der Waals surface area contributed by atoms with Crippen molar-refractivity contribution in [2.45, 2.75) is 0 Å². The zero-order valence-corrected chi connectivity index (χ0v) is 8.45. The van der Waals surface area contributed by atoms with E-state index in [2.05, 4.69) is 0 Å². The fourth-order valence-corrected chi connectivity index (χ4v) is 1.31. The van der Waals surface area contributed by atoms with E-state index in [-0.39, 0.29) is 16.3 Å². The first-order valence-corrected chi connectivity index (χ1v) is 4.17. The summed E-state index contributed by atoms with van der Waals surface area (Å²) in [6.45, 7) is 0. The van der Waals surface area contributed by atoms with E-state index in [9.17, 15) is 14.9 Å². The van der Waals surface area contributed by atoms with Crippen molar-refractivity contribution >= 4 is 23.2 Å². The summed E-state index contributed by atoms with van der Waals surface area (Å²) in [7, 11) is 1.24. The fourth-order valence-electron chi connectivity index (χ4n) is 1.11. The van der Waals surface area contributed by atoms with E-state index in [1.54, 1.807) is 0 Å². The van der Waals surface area contributed by atoms with Crippen LogP contribution in [0.25, 0.3) is 0 Å². The second-order valence-electron chi connectivity index (χ2n) is 2.63. The van der Waals surface area contributed by atoms with Gasteiger partial charge in [0.2, 0.25) is 0 Å². The molecule has 0 aliphatic rings. The Kier molecular flexibility index (Phi) is 3.11. The standard InChI is InChI=1S/C8H7ClN2O4/c1-15-6-3-4(9)2-5(8(10)12)7(6)11(13)14/h2-3H,1H3,(H2,10,12). The number of halogens is 1. The number of carbonyl (C=O) groups excluding carboxylic acids is 1. The van der Waals surface area contributed by atoms with Gasteiger partial charge in [-0.2, -0.15) is 0 Å². The van der Waals surface area contributed by atoms with Gasteiger partial charge in [-0.05, 0) is 6.07 Å². The van der Waals surface area contributed by atoms with Crippen LogP contribution in [0, 0.1) is 10.1 Å². The van der Waals surface area contributed by atoms with Crippen LogP contribution < -0.4 is 10.5 Å². The van der Waals surface area contributed by atoms with E-state index in [4.69, 9.17) is 22.1 Å². The molecule has 2 N–H and O–H groups in total. The Morgan fingerprint density at radius 1 is 1.60 bits per heavy atom. The van der Waals surface area contributed by atoms with Gasteiger partial charge >= 0.3 is 5.69 Å². The SMILES string of the molecule is COc1cc(Cl)cc(C(N)=O)c1[N+](=O)[O-]. The van der Waals surface area contributed by atoms with Crippen LogP contribution in [-0.2, 0) is 0 Å². The van der Waals surface area contributed by atoms with Crippen molar-refractivity contribution < 1.29 is 14.5 Å². The molecule has 1 aromatic rings. The highest BCUT2D eigenvalue weighted by molar-refractivity contribution is 6.31. The maximum absolute atomic E-state index is 11.0. The van der Waals surface area contributed by atoms with E-state index in [0.29, 0.717) is 0 Å². The molecule has 0 unspecified atom stereocenters. The molecule has 0 aliphatic heterocycles. The summed E-state index contributed by atoms with van der Waals surface area (Å²) in [5.41, 5.74) is 4.24. The Morgan fingerprint density at radius 3 is 2.60 bits per heavy atom. The third-order valence-corrected chi connectivity index (χ3v) is 1.93. The number of nitrogens with zero attached hydrogens (tertiary/aromatic N) is 1. The van der Waals surface area contributed by atoms with Crippen LogP contribution >= 0.6 is 11.6 Å². The van der Waals surface area contributed by atoms with Crippen molar-refractivity contribution in [1.82, 2.24) is 0 Å². The summed E-state index contributed by atoms with van der Waals surface area (Å²) in [5, 5.41) is 10.8. The second kappa shape index (κ2) is 4.14. The zero-order valence-electron chi connectivity index (χ0n) is 7.69. The largest absolute Gasteiger partial charge is 0.490 e. The van der Waals surface area contributed by atoms with E-state index < -0.39 is 16.5 Å². The number of amides is 1. The average Bonchev–Trinajstić information content (AvgIpc) is 2.15. The zero-order chi connectivity index (χ0) is 11.6. The molecule has 1 aromatic carbocycles. The molecule has 0 saturated carbocycles. The monoisotopic (exact) mass is 230 g/mol. The number of benzene rings is 1. The van der Waals surface area contributed by atoms with Crippen molar-refractivity contribution in [3.63, 3.8) is 0 Å². The van der Waals surface area contributed by atoms with E-state index >= 15 is 0 Å². The first-order chi connectivity index (χ1) is 6.97. The van der Waals surface area contributed by atoms with Gasteiger partial charge in [-0.3, -0.25) is 14.9 Å². The number of rotatable bonds is 3. The van der Waals surface area contributed by atoms with E-state index in [0.717, 1.165) is 6.07 Å². The first-order valence-electron chi connectivity index (χ1n) is 3.79. The number of ether oxygens (including phenoxy) is 1. The predicted molar refractivity (Wildman–Crippen MR) is 53.2 cm³/mol. The van der Waals surface area contributed by atoms with E-state index in [1.807, 2.05) is 0 Å². The Morgan fingerprint density at radius 2 is 2.20 bits per heavy atom. The molecule has 80 valence electrons. The molecular weight excluding hydrogens is 224 g/mol. The van der Waals surface area contributed by atoms with E-state index in [1.165, 1.54) is 13.2 Å². The van der Waals surface area contributed by atoms with Crippen LogP contribution in [0.2, 0.25) is 5.02 Å². The van der Waals surface area contributed by atoms with Crippen LogP contribution in [0.3, 0.4) is 0 Å². The lowest BCUT2D eigenvalue weighted by atomic mass is 10.1. The molecule has 6 nitrogen and oxygen atoms in total. The summed E-state index contributed by atoms with van der Waals surface area (Å²) >= 11 is 5.64. The molecule has 1 rings (SSSR count). The summed E-state index contributed by atoms with van der Waals surface area (Å²) < 4.78 is 4.74. The number of nitro benzene ring substituents is 1. The molecule has 7 heteroatoms. The molecular formula is C8H7ClN2O4. The molecule has 0 aromatic heterocycles. The number of hydrogen-bond acceptors (Lipinski definition) is 4.